The molecule has 0 radical (unpaired) electrons. The van der Waals surface area contributed by atoms with Gasteiger partial charge in [0, 0.05) is 40.0 Å². The molecular weight excluding hydrogens is 274 g/mol. The molecule has 3 heteroatoms. The van der Waals surface area contributed by atoms with Gasteiger partial charge in [-0.15, -0.1) is 0 Å². The van der Waals surface area contributed by atoms with Gasteiger partial charge in [-0.05, 0) is 67.7 Å². The Morgan fingerprint density at radius 2 is 1.64 bits per heavy atom. The largest absolute Gasteiger partial charge is 0.385 e. The second-order valence-corrected chi connectivity index (χ2v) is 6.39. The number of aryl methyl sites for hydroxylation is 2. The molecule has 0 aliphatic heterocycles. The minimum absolute atomic E-state index is 0.758. The first-order valence-electron chi connectivity index (χ1n) is 8.57. The molecule has 1 aromatic rings. The average molecular weight is 305 g/mol. The van der Waals surface area contributed by atoms with Crippen molar-refractivity contribution >= 4 is 0 Å². The van der Waals surface area contributed by atoms with E-state index >= 15 is 0 Å². The molecule has 3 nitrogen and oxygen atoms in total. The van der Waals surface area contributed by atoms with E-state index < -0.39 is 0 Å². The number of hydrogen-bond donors (Lipinski definition) is 1. The Balaban J connectivity index is 2.05. The first kappa shape index (κ1) is 17.5. The zero-order valence-electron chi connectivity index (χ0n) is 14.4. The van der Waals surface area contributed by atoms with Crippen molar-refractivity contribution in [2.24, 2.45) is 0 Å². The molecule has 1 aliphatic rings. The van der Waals surface area contributed by atoms with E-state index in [1.807, 2.05) is 0 Å². The van der Waals surface area contributed by atoms with Gasteiger partial charge < -0.3 is 14.8 Å². The Morgan fingerprint density at radius 3 is 2.27 bits per heavy atom. The summed E-state index contributed by atoms with van der Waals surface area (Å²) in [5.74, 6) is 0. The van der Waals surface area contributed by atoms with Crippen LogP contribution in [0.15, 0.2) is 12.1 Å². The van der Waals surface area contributed by atoms with E-state index in [0.29, 0.717) is 0 Å². The van der Waals surface area contributed by atoms with E-state index in [9.17, 15) is 0 Å². The van der Waals surface area contributed by atoms with Gasteiger partial charge in [0.1, 0.15) is 0 Å². The van der Waals surface area contributed by atoms with E-state index in [1.54, 1.807) is 14.2 Å². The standard InChI is InChI=1S/C19H31NO2/c1-15-17(7-5-11-22-3)12-16(6-4-10-21-2)13-18(15)14-20-19-8-9-19/h12-13,19-20H,4-11,14H2,1-3H3. The number of hydrogen-bond acceptors (Lipinski definition) is 3. The molecular formula is C19H31NO2. The third kappa shape index (κ3) is 5.71. The van der Waals surface area contributed by atoms with Gasteiger partial charge in [-0.1, -0.05) is 12.1 Å². The van der Waals surface area contributed by atoms with Crippen molar-refractivity contribution in [3.63, 3.8) is 0 Å². The second-order valence-electron chi connectivity index (χ2n) is 6.39. The minimum atomic E-state index is 0.758. The van der Waals surface area contributed by atoms with Crippen LogP contribution in [0.2, 0.25) is 0 Å². The summed E-state index contributed by atoms with van der Waals surface area (Å²) in [7, 11) is 3.55. The predicted molar refractivity (Wildman–Crippen MR) is 91.4 cm³/mol. The van der Waals surface area contributed by atoms with Crippen molar-refractivity contribution in [3.05, 3.63) is 34.4 Å². The molecule has 0 aromatic heterocycles. The second kappa shape index (κ2) is 9.29. The van der Waals surface area contributed by atoms with Gasteiger partial charge in [0.15, 0.2) is 0 Å². The summed E-state index contributed by atoms with van der Waals surface area (Å²) in [4.78, 5) is 0. The van der Waals surface area contributed by atoms with Crippen molar-refractivity contribution < 1.29 is 9.47 Å². The molecule has 0 heterocycles. The van der Waals surface area contributed by atoms with E-state index in [-0.39, 0.29) is 0 Å². The van der Waals surface area contributed by atoms with Crippen molar-refractivity contribution in [3.8, 4) is 0 Å². The third-order valence-corrected chi connectivity index (χ3v) is 4.45. The SMILES string of the molecule is COCCCc1cc(CCCOC)c(C)c(CNC2CC2)c1. The van der Waals surface area contributed by atoms with Crippen molar-refractivity contribution in [2.75, 3.05) is 27.4 Å². The molecule has 124 valence electrons. The molecule has 0 bridgehead atoms. The summed E-state index contributed by atoms with van der Waals surface area (Å²) >= 11 is 0. The lowest BCUT2D eigenvalue weighted by Crippen LogP contribution is -2.17. The topological polar surface area (TPSA) is 30.5 Å². The van der Waals surface area contributed by atoms with Gasteiger partial charge in [0.05, 0.1) is 0 Å². The lowest BCUT2D eigenvalue weighted by atomic mass is 9.94. The predicted octanol–water partition coefficient (Wildman–Crippen LogP) is 3.41. The number of rotatable bonds is 11. The molecule has 1 saturated carbocycles. The highest BCUT2D eigenvalue weighted by Crippen LogP contribution is 2.23. The summed E-state index contributed by atoms with van der Waals surface area (Å²) in [6.45, 7) is 4.95. The maximum Gasteiger partial charge on any atom is 0.0465 e. The van der Waals surface area contributed by atoms with Crippen molar-refractivity contribution in [2.45, 2.75) is 58.0 Å². The van der Waals surface area contributed by atoms with Gasteiger partial charge in [-0.3, -0.25) is 0 Å². The van der Waals surface area contributed by atoms with Gasteiger partial charge in [-0.2, -0.15) is 0 Å². The fourth-order valence-corrected chi connectivity index (χ4v) is 2.87. The van der Waals surface area contributed by atoms with E-state index in [4.69, 9.17) is 9.47 Å². The Kier molecular flexibility index (Phi) is 7.37. The van der Waals surface area contributed by atoms with Gasteiger partial charge >= 0.3 is 0 Å². The summed E-state index contributed by atoms with van der Waals surface area (Å²) in [5.41, 5.74) is 5.86. The smallest absolute Gasteiger partial charge is 0.0465 e. The minimum Gasteiger partial charge on any atom is -0.385 e. The van der Waals surface area contributed by atoms with Crippen LogP contribution in [0.4, 0.5) is 0 Å². The van der Waals surface area contributed by atoms with Gasteiger partial charge in [-0.25, -0.2) is 0 Å². The van der Waals surface area contributed by atoms with Crippen LogP contribution in [0.5, 0.6) is 0 Å². The molecule has 1 aromatic carbocycles. The normalized spacial score (nSPS) is 14.5. The number of nitrogens with one attached hydrogen (secondary N) is 1. The summed E-state index contributed by atoms with van der Waals surface area (Å²) in [5, 5.41) is 3.65. The molecule has 1 fully saturated rings. The number of methoxy groups -OCH3 is 2. The van der Waals surface area contributed by atoms with Crippen LogP contribution in [0.25, 0.3) is 0 Å². The molecule has 0 amide bonds. The molecule has 1 N–H and O–H groups in total. The Bertz CT molecular complexity index is 455. The summed E-state index contributed by atoms with van der Waals surface area (Å²) in [6, 6.07) is 5.54. The third-order valence-electron chi connectivity index (χ3n) is 4.45. The molecule has 0 saturated heterocycles. The van der Waals surface area contributed by atoms with Crippen LogP contribution in [0, 0.1) is 6.92 Å². The zero-order valence-corrected chi connectivity index (χ0v) is 14.4. The summed E-state index contributed by atoms with van der Waals surface area (Å²) in [6.07, 6.45) is 7.07. The summed E-state index contributed by atoms with van der Waals surface area (Å²) < 4.78 is 10.4. The van der Waals surface area contributed by atoms with Gasteiger partial charge in [0.2, 0.25) is 0 Å². The van der Waals surface area contributed by atoms with Crippen molar-refractivity contribution in [1.29, 1.82) is 0 Å². The van der Waals surface area contributed by atoms with Crippen molar-refractivity contribution in [1.82, 2.24) is 5.32 Å². The first-order valence-corrected chi connectivity index (χ1v) is 8.57. The highest BCUT2D eigenvalue weighted by Gasteiger charge is 2.20. The Labute approximate surface area is 135 Å². The number of ether oxygens (including phenoxy) is 2. The fraction of sp³-hybridized carbons (Fsp3) is 0.684. The maximum absolute atomic E-state index is 5.20. The molecule has 2 rings (SSSR count). The molecule has 22 heavy (non-hydrogen) atoms. The first-order chi connectivity index (χ1) is 10.7. The van der Waals surface area contributed by atoms with E-state index in [0.717, 1.165) is 51.5 Å². The highest BCUT2D eigenvalue weighted by molar-refractivity contribution is 5.39. The van der Waals surface area contributed by atoms with Crippen LogP contribution < -0.4 is 5.32 Å². The monoisotopic (exact) mass is 305 g/mol. The quantitative estimate of drug-likeness (QED) is 0.636. The molecule has 0 atom stereocenters. The van der Waals surface area contributed by atoms with Crippen LogP contribution in [0.1, 0.15) is 47.9 Å². The lowest BCUT2D eigenvalue weighted by molar-refractivity contribution is 0.195. The number of benzene rings is 1. The highest BCUT2D eigenvalue weighted by atomic mass is 16.5. The lowest BCUT2D eigenvalue weighted by Gasteiger charge is -2.15. The van der Waals surface area contributed by atoms with Crippen LogP contribution in [-0.2, 0) is 28.9 Å². The van der Waals surface area contributed by atoms with Crippen LogP contribution in [0.3, 0.4) is 0 Å². The average Bonchev–Trinajstić information content (AvgIpc) is 3.33. The zero-order chi connectivity index (χ0) is 15.8. The molecule has 0 unspecified atom stereocenters. The van der Waals surface area contributed by atoms with Crippen LogP contribution in [-0.4, -0.2) is 33.5 Å². The van der Waals surface area contributed by atoms with Gasteiger partial charge in [0.25, 0.3) is 0 Å². The Hall–Kier alpha value is -0.900. The fourth-order valence-electron chi connectivity index (χ4n) is 2.87. The molecule has 0 spiro atoms. The van der Waals surface area contributed by atoms with E-state index in [2.05, 4.69) is 24.4 Å². The molecule has 1 aliphatic carbocycles. The van der Waals surface area contributed by atoms with Crippen LogP contribution >= 0.6 is 0 Å². The Morgan fingerprint density at radius 1 is 1.00 bits per heavy atom. The maximum atomic E-state index is 5.20. The van der Waals surface area contributed by atoms with E-state index in [1.165, 1.54) is 35.1 Å².